The predicted octanol–water partition coefficient (Wildman–Crippen LogP) is 4.02. The smallest absolute Gasteiger partial charge is 0.303 e. The highest BCUT2D eigenvalue weighted by Crippen LogP contribution is 2.25. The Balaban J connectivity index is 2.58. The molecule has 2 N–H and O–H groups in total. The number of hydrogen-bond acceptors (Lipinski definition) is 2. The van der Waals surface area contributed by atoms with Crippen molar-refractivity contribution in [3.8, 4) is 0 Å². The molecular weight excluding hydrogens is 252 g/mol. The summed E-state index contributed by atoms with van der Waals surface area (Å²) in [5.74, 6) is -0.723. The number of aryl methyl sites for hydroxylation is 2. The fraction of sp³-hybridized carbons (Fsp3) is 0.588. The van der Waals surface area contributed by atoms with Gasteiger partial charge in [0.25, 0.3) is 0 Å². The lowest BCUT2D eigenvalue weighted by atomic mass is 9.94. The van der Waals surface area contributed by atoms with E-state index in [2.05, 4.69) is 19.9 Å². The molecule has 0 radical (unpaired) electrons. The number of carboxylic acids is 1. The van der Waals surface area contributed by atoms with Gasteiger partial charge in [-0.1, -0.05) is 43.5 Å². The van der Waals surface area contributed by atoms with Crippen molar-refractivity contribution in [2.75, 3.05) is 0 Å². The molecule has 0 amide bonds. The van der Waals surface area contributed by atoms with E-state index in [9.17, 15) is 9.90 Å². The van der Waals surface area contributed by atoms with E-state index < -0.39 is 5.97 Å². The quantitative estimate of drug-likeness (QED) is 0.671. The van der Waals surface area contributed by atoms with Gasteiger partial charge in [0.15, 0.2) is 0 Å². The van der Waals surface area contributed by atoms with Gasteiger partial charge in [0, 0.05) is 6.42 Å². The Morgan fingerprint density at radius 1 is 1.25 bits per heavy atom. The summed E-state index contributed by atoms with van der Waals surface area (Å²) in [7, 11) is 0. The number of hydrogen-bond donors (Lipinski definition) is 2. The third-order valence-corrected chi connectivity index (χ3v) is 3.56. The highest BCUT2D eigenvalue weighted by atomic mass is 16.4. The van der Waals surface area contributed by atoms with Crippen LogP contribution in [-0.2, 0) is 11.2 Å². The normalized spacial score (nSPS) is 12.3. The monoisotopic (exact) mass is 278 g/mol. The van der Waals surface area contributed by atoms with Crippen molar-refractivity contribution in [1.29, 1.82) is 0 Å². The van der Waals surface area contributed by atoms with E-state index in [4.69, 9.17) is 5.11 Å². The third-order valence-electron chi connectivity index (χ3n) is 3.56. The van der Waals surface area contributed by atoms with Crippen LogP contribution in [0.25, 0.3) is 0 Å². The first kappa shape index (κ1) is 16.7. The van der Waals surface area contributed by atoms with Gasteiger partial charge >= 0.3 is 5.97 Å². The van der Waals surface area contributed by atoms with Gasteiger partial charge in [0.1, 0.15) is 0 Å². The topological polar surface area (TPSA) is 57.5 Å². The minimum absolute atomic E-state index is 0.249. The van der Waals surface area contributed by atoms with Crippen LogP contribution in [0, 0.1) is 6.92 Å². The van der Waals surface area contributed by atoms with Gasteiger partial charge in [0.05, 0.1) is 6.10 Å². The Morgan fingerprint density at radius 3 is 2.65 bits per heavy atom. The van der Waals surface area contributed by atoms with Crippen LogP contribution >= 0.6 is 0 Å². The van der Waals surface area contributed by atoms with Crippen LogP contribution in [0.5, 0.6) is 0 Å². The van der Waals surface area contributed by atoms with Crippen molar-refractivity contribution in [1.82, 2.24) is 0 Å². The van der Waals surface area contributed by atoms with Crippen molar-refractivity contribution in [2.24, 2.45) is 0 Å². The lowest BCUT2D eigenvalue weighted by Gasteiger charge is -2.16. The summed E-state index contributed by atoms with van der Waals surface area (Å²) < 4.78 is 0. The average molecular weight is 278 g/mol. The lowest BCUT2D eigenvalue weighted by Crippen LogP contribution is -2.03. The minimum atomic E-state index is -0.723. The molecule has 3 nitrogen and oxygen atoms in total. The maximum Gasteiger partial charge on any atom is 0.303 e. The van der Waals surface area contributed by atoms with Gasteiger partial charge < -0.3 is 10.2 Å². The second-order valence-corrected chi connectivity index (χ2v) is 5.46. The summed E-state index contributed by atoms with van der Waals surface area (Å²) in [6, 6.07) is 6.22. The summed E-state index contributed by atoms with van der Waals surface area (Å²) in [5, 5.41) is 18.8. The number of carboxylic acid groups (broad SMARTS) is 1. The molecule has 0 saturated carbocycles. The molecule has 0 aliphatic heterocycles. The number of carbonyl (C=O) groups is 1. The molecule has 0 fully saturated rings. The molecule has 0 spiro atoms. The van der Waals surface area contributed by atoms with Crippen LogP contribution < -0.4 is 0 Å². The first-order chi connectivity index (χ1) is 9.54. The summed E-state index contributed by atoms with van der Waals surface area (Å²) in [4.78, 5) is 10.5. The molecule has 1 aromatic rings. The molecule has 1 aromatic carbocycles. The van der Waals surface area contributed by atoms with E-state index in [1.807, 2.05) is 12.1 Å². The Morgan fingerprint density at radius 2 is 2.00 bits per heavy atom. The zero-order chi connectivity index (χ0) is 15.0. The van der Waals surface area contributed by atoms with E-state index in [1.165, 1.54) is 11.1 Å². The first-order valence-corrected chi connectivity index (χ1v) is 7.54. The zero-order valence-corrected chi connectivity index (χ0v) is 12.6. The van der Waals surface area contributed by atoms with Crippen LogP contribution in [0.4, 0.5) is 0 Å². The highest BCUT2D eigenvalue weighted by molar-refractivity contribution is 5.66. The van der Waals surface area contributed by atoms with Crippen LogP contribution in [0.3, 0.4) is 0 Å². The molecule has 112 valence electrons. The number of aliphatic hydroxyl groups excluding tert-OH is 1. The Labute approximate surface area is 121 Å². The van der Waals surface area contributed by atoms with Crippen molar-refractivity contribution in [3.05, 3.63) is 34.9 Å². The molecular formula is C17H26O3. The van der Waals surface area contributed by atoms with Crippen molar-refractivity contribution in [3.63, 3.8) is 0 Å². The van der Waals surface area contributed by atoms with Gasteiger partial charge in [0.2, 0.25) is 0 Å². The number of aliphatic hydroxyl groups is 1. The molecule has 0 aliphatic rings. The molecule has 1 atom stereocenters. The summed E-state index contributed by atoms with van der Waals surface area (Å²) in [5.41, 5.74) is 3.45. The number of rotatable bonds is 9. The maximum atomic E-state index is 10.5. The number of unbranched alkanes of at least 4 members (excludes halogenated alkanes) is 2. The molecule has 0 bridgehead atoms. The summed E-state index contributed by atoms with van der Waals surface area (Å²) in [6.07, 6.45) is 5.16. The van der Waals surface area contributed by atoms with Gasteiger partial charge in [-0.05, 0) is 43.7 Å². The molecule has 3 heteroatoms. The lowest BCUT2D eigenvalue weighted by molar-refractivity contribution is -0.137. The van der Waals surface area contributed by atoms with E-state index in [0.717, 1.165) is 44.1 Å². The fourth-order valence-electron chi connectivity index (χ4n) is 2.47. The molecule has 0 saturated heterocycles. The van der Waals surface area contributed by atoms with Gasteiger partial charge in [-0.15, -0.1) is 0 Å². The SMILES string of the molecule is CCCC(O)c1ccc(C)cc1CCCCCC(=O)O. The van der Waals surface area contributed by atoms with Crippen LogP contribution in [-0.4, -0.2) is 16.2 Å². The average Bonchev–Trinajstić information content (AvgIpc) is 2.38. The van der Waals surface area contributed by atoms with Crippen LogP contribution in [0.2, 0.25) is 0 Å². The van der Waals surface area contributed by atoms with E-state index in [-0.39, 0.29) is 12.5 Å². The van der Waals surface area contributed by atoms with Crippen molar-refractivity contribution >= 4 is 5.97 Å². The third kappa shape index (κ3) is 5.74. The van der Waals surface area contributed by atoms with E-state index in [0.29, 0.717) is 0 Å². The number of benzene rings is 1. The Hall–Kier alpha value is -1.35. The maximum absolute atomic E-state index is 10.5. The first-order valence-electron chi connectivity index (χ1n) is 7.54. The second kappa shape index (κ2) is 8.75. The van der Waals surface area contributed by atoms with Crippen molar-refractivity contribution < 1.29 is 15.0 Å². The van der Waals surface area contributed by atoms with E-state index >= 15 is 0 Å². The van der Waals surface area contributed by atoms with Gasteiger partial charge in [-0.2, -0.15) is 0 Å². The molecule has 0 heterocycles. The molecule has 1 unspecified atom stereocenters. The predicted molar refractivity (Wildman–Crippen MR) is 80.9 cm³/mol. The minimum Gasteiger partial charge on any atom is -0.481 e. The summed E-state index contributed by atoms with van der Waals surface area (Å²) in [6.45, 7) is 4.13. The molecule has 20 heavy (non-hydrogen) atoms. The van der Waals surface area contributed by atoms with Crippen molar-refractivity contribution in [2.45, 2.75) is 64.9 Å². The van der Waals surface area contributed by atoms with Crippen LogP contribution in [0.15, 0.2) is 18.2 Å². The fourth-order valence-corrected chi connectivity index (χ4v) is 2.47. The van der Waals surface area contributed by atoms with Crippen LogP contribution in [0.1, 0.15) is 68.2 Å². The molecule has 1 rings (SSSR count). The van der Waals surface area contributed by atoms with E-state index in [1.54, 1.807) is 0 Å². The second-order valence-electron chi connectivity index (χ2n) is 5.46. The van der Waals surface area contributed by atoms with Gasteiger partial charge in [-0.25, -0.2) is 0 Å². The standard InChI is InChI=1S/C17H26O3/c1-3-7-16(18)15-11-10-13(2)12-14(15)8-5-4-6-9-17(19)20/h10-12,16,18H,3-9H2,1-2H3,(H,19,20). The number of aliphatic carboxylic acids is 1. The molecule has 0 aliphatic carbocycles. The Kier molecular flexibility index (Phi) is 7.31. The largest absolute Gasteiger partial charge is 0.481 e. The Bertz CT molecular complexity index is 426. The molecule has 0 aromatic heterocycles. The zero-order valence-electron chi connectivity index (χ0n) is 12.6. The summed E-state index contributed by atoms with van der Waals surface area (Å²) >= 11 is 0. The highest BCUT2D eigenvalue weighted by Gasteiger charge is 2.11. The van der Waals surface area contributed by atoms with Gasteiger partial charge in [-0.3, -0.25) is 4.79 Å².